The van der Waals surface area contributed by atoms with Crippen molar-refractivity contribution >= 4 is 33.3 Å². The summed E-state index contributed by atoms with van der Waals surface area (Å²) in [5, 5.41) is 9.51. The average molecular weight is 351 g/mol. The van der Waals surface area contributed by atoms with Crippen molar-refractivity contribution in [1.82, 2.24) is 0 Å². The number of ketones is 1. The molecule has 100 valence electrons. The molecule has 0 fully saturated rings. The predicted octanol–water partition coefficient (Wildman–Crippen LogP) is 4.24. The van der Waals surface area contributed by atoms with Gasteiger partial charge in [0, 0.05) is 15.1 Å². The van der Waals surface area contributed by atoms with E-state index in [1.807, 2.05) is 6.07 Å². The minimum atomic E-state index is -0.195. The fourth-order valence-corrected chi connectivity index (χ4v) is 2.16. The number of carbonyl (C=O) groups is 1. The standard InChI is InChI=1S/C15H9BrClNO2/c16-12-4-5-15(11(6-12)8-18)20-9-14(19)10-2-1-3-13(17)7-10/h1-7H,9H2. The van der Waals surface area contributed by atoms with E-state index in [2.05, 4.69) is 15.9 Å². The molecule has 0 aliphatic heterocycles. The van der Waals surface area contributed by atoms with Crippen LogP contribution in [-0.4, -0.2) is 12.4 Å². The maximum Gasteiger partial charge on any atom is 0.200 e. The number of Topliss-reactive ketones (excluding diaryl/α,β-unsaturated/α-hetero) is 1. The Kier molecular flexibility index (Phi) is 4.78. The monoisotopic (exact) mass is 349 g/mol. The quantitative estimate of drug-likeness (QED) is 0.775. The van der Waals surface area contributed by atoms with Gasteiger partial charge >= 0.3 is 0 Å². The van der Waals surface area contributed by atoms with Crippen LogP contribution >= 0.6 is 27.5 Å². The number of halogens is 2. The van der Waals surface area contributed by atoms with Crippen LogP contribution in [0.4, 0.5) is 0 Å². The van der Waals surface area contributed by atoms with Gasteiger partial charge in [-0.3, -0.25) is 4.79 Å². The SMILES string of the molecule is N#Cc1cc(Br)ccc1OCC(=O)c1cccc(Cl)c1. The second-order valence-corrected chi connectivity index (χ2v) is 5.33. The molecule has 0 aromatic heterocycles. The van der Waals surface area contributed by atoms with Gasteiger partial charge in [0.2, 0.25) is 0 Å². The lowest BCUT2D eigenvalue weighted by Gasteiger charge is -2.07. The number of hydrogen-bond donors (Lipinski definition) is 0. The Morgan fingerprint density at radius 2 is 2.10 bits per heavy atom. The summed E-state index contributed by atoms with van der Waals surface area (Å²) in [5.41, 5.74) is 0.853. The molecule has 20 heavy (non-hydrogen) atoms. The van der Waals surface area contributed by atoms with Crippen molar-refractivity contribution in [3.05, 3.63) is 63.1 Å². The Labute approximate surface area is 129 Å². The summed E-state index contributed by atoms with van der Waals surface area (Å²) in [6.45, 7) is -0.142. The van der Waals surface area contributed by atoms with E-state index >= 15 is 0 Å². The zero-order valence-electron chi connectivity index (χ0n) is 10.3. The average Bonchev–Trinajstić information content (AvgIpc) is 2.45. The molecule has 0 radical (unpaired) electrons. The molecular weight excluding hydrogens is 342 g/mol. The maximum absolute atomic E-state index is 12.0. The number of hydrogen-bond acceptors (Lipinski definition) is 3. The fourth-order valence-electron chi connectivity index (χ4n) is 1.60. The fraction of sp³-hybridized carbons (Fsp3) is 0.0667. The Morgan fingerprint density at radius 3 is 2.80 bits per heavy atom. The molecular formula is C15H9BrClNO2. The first-order chi connectivity index (χ1) is 9.60. The van der Waals surface area contributed by atoms with Crippen LogP contribution in [0.3, 0.4) is 0 Å². The van der Waals surface area contributed by atoms with Gasteiger partial charge in [-0.2, -0.15) is 5.26 Å². The molecule has 0 aliphatic rings. The van der Waals surface area contributed by atoms with Crippen LogP contribution < -0.4 is 4.74 Å². The zero-order chi connectivity index (χ0) is 14.5. The summed E-state index contributed by atoms with van der Waals surface area (Å²) in [5.74, 6) is 0.186. The van der Waals surface area contributed by atoms with Gasteiger partial charge < -0.3 is 4.74 Å². The van der Waals surface area contributed by atoms with E-state index < -0.39 is 0 Å². The van der Waals surface area contributed by atoms with Crippen LogP contribution in [0.25, 0.3) is 0 Å². The van der Waals surface area contributed by atoms with Crippen molar-refractivity contribution < 1.29 is 9.53 Å². The number of carbonyl (C=O) groups excluding carboxylic acids is 1. The molecule has 0 saturated heterocycles. The molecule has 2 aromatic rings. The van der Waals surface area contributed by atoms with E-state index in [0.29, 0.717) is 21.9 Å². The van der Waals surface area contributed by atoms with Crippen LogP contribution in [0.1, 0.15) is 15.9 Å². The third-order valence-corrected chi connectivity index (χ3v) is 3.30. The first-order valence-corrected chi connectivity index (χ1v) is 6.88. The molecule has 0 aliphatic carbocycles. The van der Waals surface area contributed by atoms with Crippen molar-refractivity contribution in [2.45, 2.75) is 0 Å². The van der Waals surface area contributed by atoms with Crippen LogP contribution in [0.15, 0.2) is 46.9 Å². The van der Waals surface area contributed by atoms with Crippen molar-refractivity contribution in [3.8, 4) is 11.8 Å². The molecule has 0 N–H and O–H groups in total. The molecule has 0 spiro atoms. The van der Waals surface area contributed by atoms with E-state index in [0.717, 1.165) is 4.47 Å². The van der Waals surface area contributed by atoms with Crippen molar-refractivity contribution in [2.75, 3.05) is 6.61 Å². The highest BCUT2D eigenvalue weighted by Crippen LogP contribution is 2.22. The van der Waals surface area contributed by atoms with E-state index in [-0.39, 0.29) is 12.4 Å². The van der Waals surface area contributed by atoms with Crippen LogP contribution in [0.2, 0.25) is 5.02 Å². The minimum Gasteiger partial charge on any atom is -0.484 e. The summed E-state index contributed by atoms with van der Waals surface area (Å²) in [7, 11) is 0. The maximum atomic E-state index is 12.0. The van der Waals surface area contributed by atoms with Gasteiger partial charge in [-0.1, -0.05) is 39.7 Å². The molecule has 2 aromatic carbocycles. The molecule has 0 saturated carbocycles. The Balaban J connectivity index is 2.10. The number of ether oxygens (including phenoxy) is 1. The lowest BCUT2D eigenvalue weighted by Crippen LogP contribution is -2.12. The lowest BCUT2D eigenvalue weighted by atomic mass is 10.1. The van der Waals surface area contributed by atoms with Crippen molar-refractivity contribution in [2.24, 2.45) is 0 Å². The molecule has 0 unspecified atom stereocenters. The third-order valence-electron chi connectivity index (χ3n) is 2.57. The number of rotatable bonds is 4. The van der Waals surface area contributed by atoms with Gasteiger partial charge in [-0.05, 0) is 30.3 Å². The second kappa shape index (κ2) is 6.56. The van der Waals surface area contributed by atoms with Crippen molar-refractivity contribution in [3.63, 3.8) is 0 Å². The first-order valence-electron chi connectivity index (χ1n) is 5.71. The van der Waals surface area contributed by atoms with E-state index in [4.69, 9.17) is 21.6 Å². The van der Waals surface area contributed by atoms with Crippen molar-refractivity contribution in [1.29, 1.82) is 5.26 Å². The number of benzene rings is 2. The number of nitrogens with zero attached hydrogens (tertiary/aromatic N) is 1. The summed E-state index contributed by atoms with van der Waals surface area (Å²) in [6, 6.07) is 13.7. The number of nitriles is 1. The molecule has 5 heteroatoms. The van der Waals surface area contributed by atoms with Crippen LogP contribution in [-0.2, 0) is 0 Å². The second-order valence-electron chi connectivity index (χ2n) is 3.97. The highest BCUT2D eigenvalue weighted by atomic mass is 79.9. The third kappa shape index (κ3) is 3.60. The summed E-state index contributed by atoms with van der Waals surface area (Å²) in [4.78, 5) is 12.0. The highest BCUT2D eigenvalue weighted by molar-refractivity contribution is 9.10. The predicted molar refractivity (Wildman–Crippen MR) is 80.1 cm³/mol. The first kappa shape index (κ1) is 14.6. The van der Waals surface area contributed by atoms with Gasteiger partial charge in [-0.15, -0.1) is 0 Å². The molecule has 0 atom stereocenters. The molecule has 0 bridgehead atoms. The Bertz CT molecular complexity index is 695. The van der Waals surface area contributed by atoms with Gasteiger partial charge in [0.25, 0.3) is 0 Å². The van der Waals surface area contributed by atoms with Gasteiger partial charge in [0.05, 0.1) is 5.56 Å². The molecule has 0 amide bonds. The minimum absolute atomic E-state index is 0.142. The summed E-state index contributed by atoms with van der Waals surface area (Å²) < 4.78 is 6.18. The normalized spacial score (nSPS) is 9.85. The molecule has 2 rings (SSSR count). The highest BCUT2D eigenvalue weighted by Gasteiger charge is 2.10. The topological polar surface area (TPSA) is 50.1 Å². The molecule has 0 heterocycles. The molecule has 3 nitrogen and oxygen atoms in total. The van der Waals surface area contributed by atoms with E-state index in [1.165, 1.54) is 0 Å². The van der Waals surface area contributed by atoms with E-state index in [9.17, 15) is 4.79 Å². The van der Waals surface area contributed by atoms with Crippen LogP contribution in [0, 0.1) is 11.3 Å². The smallest absolute Gasteiger partial charge is 0.200 e. The summed E-state index contributed by atoms with van der Waals surface area (Å²) in [6.07, 6.45) is 0. The van der Waals surface area contributed by atoms with E-state index in [1.54, 1.807) is 42.5 Å². The van der Waals surface area contributed by atoms with Gasteiger partial charge in [0.1, 0.15) is 11.8 Å². The zero-order valence-corrected chi connectivity index (χ0v) is 12.6. The van der Waals surface area contributed by atoms with Gasteiger partial charge in [-0.25, -0.2) is 0 Å². The lowest BCUT2D eigenvalue weighted by molar-refractivity contribution is 0.0921. The summed E-state index contributed by atoms with van der Waals surface area (Å²) >= 11 is 9.10. The largest absolute Gasteiger partial charge is 0.484 e. The van der Waals surface area contributed by atoms with Crippen LogP contribution in [0.5, 0.6) is 5.75 Å². The Morgan fingerprint density at radius 1 is 1.30 bits per heavy atom. The Hall–Kier alpha value is -1.83. The van der Waals surface area contributed by atoms with Gasteiger partial charge in [0.15, 0.2) is 12.4 Å².